The van der Waals surface area contributed by atoms with Gasteiger partial charge in [-0.15, -0.1) is 0 Å². The Morgan fingerprint density at radius 2 is 2.32 bits per heavy atom. The van der Waals surface area contributed by atoms with Gasteiger partial charge >= 0.3 is 0 Å². The number of rotatable bonds is 5. The van der Waals surface area contributed by atoms with Crippen molar-refractivity contribution in [2.24, 2.45) is 5.73 Å². The number of benzene rings is 1. The SMILES string of the molecule is CSCCCNC(=O)c1ccc(C#CCN)c(F)c1. The van der Waals surface area contributed by atoms with Crippen molar-refractivity contribution in [3.8, 4) is 11.8 Å². The molecule has 3 nitrogen and oxygen atoms in total. The molecule has 0 spiro atoms. The molecule has 0 aliphatic rings. The summed E-state index contributed by atoms with van der Waals surface area (Å²) in [6.45, 7) is 0.771. The molecule has 1 aromatic carbocycles. The fraction of sp³-hybridized carbons (Fsp3) is 0.357. The molecular formula is C14H17FN2OS. The van der Waals surface area contributed by atoms with E-state index in [1.807, 2.05) is 6.26 Å². The molecule has 1 rings (SSSR count). The number of nitrogens with one attached hydrogen (secondary N) is 1. The van der Waals surface area contributed by atoms with Gasteiger partial charge in [-0.2, -0.15) is 11.8 Å². The smallest absolute Gasteiger partial charge is 0.251 e. The molecule has 0 fully saturated rings. The van der Waals surface area contributed by atoms with Crippen LogP contribution in [0.5, 0.6) is 0 Å². The average Bonchev–Trinajstić information content (AvgIpc) is 2.42. The summed E-state index contributed by atoms with van der Waals surface area (Å²) >= 11 is 1.72. The molecule has 102 valence electrons. The van der Waals surface area contributed by atoms with E-state index < -0.39 is 5.82 Å². The fourth-order valence-electron chi connectivity index (χ4n) is 1.42. The minimum Gasteiger partial charge on any atom is -0.352 e. The van der Waals surface area contributed by atoms with Crippen LogP contribution in [0.2, 0.25) is 0 Å². The van der Waals surface area contributed by atoms with E-state index in [4.69, 9.17) is 5.73 Å². The van der Waals surface area contributed by atoms with Crippen LogP contribution in [0.3, 0.4) is 0 Å². The van der Waals surface area contributed by atoms with Gasteiger partial charge in [0.2, 0.25) is 0 Å². The molecule has 0 aliphatic heterocycles. The van der Waals surface area contributed by atoms with Gasteiger partial charge in [0.1, 0.15) is 5.82 Å². The highest BCUT2D eigenvalue weighted by Gasteiger charge is 2.08. The highest BCUT2D eigenvalue weighted by atomic mass is 32.2. The standard InChI is InChI=1S/C14H17FN2OS/c1-19-9-3-8-17-14(18)12-6-5-11(4-2-7-16)13(15)10-12/h5-6,10H,3,7-9,16H2,1H3,(H,17,18). The monoisotopic (exact) mass is 280 g/mol. The molecule has 3 N–H and O–H groups in total. The normalized spacial score (nSPS) is 9.63. The van der Waals surface area contributed by atoms with Crippen molar-refractivity contribution >= 4 is 17.7 Å². The van der Waals surface area contributed by atoms with Gasteiger partial charge in [0.15, 0.2) is 0 Å². The summed E-state index contributed by atoms with van der Waals surface area (Å²) in [4.78, 5) is 11.7. The van der Waals surface area contributed by atoms with Crippen LogP contribution in [0.15, 0.2) is 18.2 Å². The van der Waals surface area contributed by atoms with Gasteiger partial charge in [0.25, 0.3) is 5.91 Å². The van der Waals surface area contributed by atoms with Crippen molar-refractivity contribution in [3.63, 3.8) is 0 Å². The summed E-state index contributed by atoms with van der Waals surface area (Å²) in [5.74, 6) is 5.41. The van der Waals surface area contributed by atoms with Gasteiger partial charge in [0, 0.05) is 12.1 Å². The largest absolute Gasteiger partial charge is 0.352 e. The van der Waals surface area contributed by atoms with Gasteiger partial charge in [-0.25, -0.2) is 4.39 Å². The van der Waals surface area contributed by atoms with Crippen LogP contribution in [-0.2, 0) is 0 Å². The van der Waals surface area contributed by atoms with E-state index in [9.17, 15) is 9.18 Å². The molecule has 0 heterocycles. The Morgan fingerprint density at radius 3 is 2.95 bits per heavy atom. The Balaban J connectivity index is 2.64. The quantitative estimate of drug-likeness (QED) is 0.636. The van der Waals surface area contributed by atoms with Gasteiger partial charge in [-0.1, -0.05) is 11.8 Å². The van der Waals surface area contributed by atoms with Crippen molar-refractivity contribution in [1.29, 1.82) is 0 Å². The lowest BCUT2D eigenvalue weighted by molar-refractivity contribution is 0.0953. The van der Waals surface area contributed by atoms with Crippen LogP contribution in [-0.4, -0.2) is 31.0 Å². The molecule has 0 saturated carbocycles. The maximum Gasteiger partial charge on any atom is 0.251 e. The molecule has 0 aromatic heterocycles. The number of hydrogen-bond acceptors (Lipinski definition) is 3. The third kappa shape index (κ3) is 5.33. The van der Waals surface area contributed by atoms with Crippen molar-refractivity contribution in [1.82, 2.24) is 5.32 Å². The predicted octanol–water partition coefficient (Wildman–Crippen LogP) is 1.62. The number of carbonyl (C=O) groups excluding carboxylic acids is 1. The lowest BCUT2D eigenvalue weighted by atomic mass is 10.1. The molecule has 5 heteroatoms. The van der Waals surface area contributed by atoms with E-state index >= 15 is 0 Å². The number of hydrogen-bond donors (Lipinski definition) is 2. The first-order chi connectivity index (χ1) is 9.19. The summed E-state index contributed by atoms with van der Waals surface area (Å²) in [5, 5.41) is 2.75. The van der Waals surface area contributed by atoms with Gasteiger partial charge < -0.3 is 11.1 Å². The summed E-state index contributed by atoms with van der Waals surface area (Å²) in [6, 6.07) is 4.26. The van der Waals surface area contributed by atoms with Crippen molar-refractivity contribution in [2.75, 3.05) is 25.1 Å². The molecular weight excluding hydrogens is 263 g/mol. The van der Waals surface area contributed by atoms with E-state index in [-0.39, 0.29) is 18.0 Å². The third-order valence-corrected chi connectivity index (χ3v) is 3.06. The van der Waals surface area contributed by atoms with Crippen molar-refractivity contribution in [2.45, 2.75) is 6.42 Å². The molecule has 1 amide bonds. The van der Waals surface area contributed by atoms with E-state index in [2.05, 4.69) is 17.2 Å². The van der Waals surface area contributed by atoms with Crippen molar-refractivity contribution in [3.05, 3.63) is 35.1 Å². The molecule has 0 unspecified atom stereocenters. The second-order valence-corrected chi connectivity index (χ2v) is 4.79. The van der Waals surface area contributed by atoms with E-state index in [0.29, 0.717) is 12.1 Å². The minimum absolute atomic E-state index is 0.178. The maximum absolute atomic E-state index is 13.7. The number of nitrogens with two attached hydrogens (primary N) is 1. The number of amides is 1. The Labute approximate surface area is 117 Å². The second kappa shape index (κ2) is 8.57. The summed E-state index contributed by atoms with van der Waals surface area (Å²) < 4.78 is 13.7. The van der Waals surface area contributed by atoms with Crippen LogP contribution in [0.4, 0.5) is 4.39 Å². The van der Waals surface area contributed by atoms with Crippen LogP contribution in [0.1, 0.15) is 22.3 Å². The van der Waals surface area contributed by atoms with Gasteiger partial charge in [0.05, 0.1) is 12.1 Å². The Bertz CT molecular complexity index is 494. The van der Waals surface area contributed by atoms with Crippen LogP contribution in [0, 0.1) is 17.7 Å². The number of thioether (sulfide) groups is 1. The number of halogens is 1. The highest BCUT2D eigenvalue weighted by Crippen LogP contribution is 2.09. The molecule has 0 saturated heterocycles. The summed E-state index contributed by atoms with van der Waals surface area (Å²) in [5.41, 5.74) is 5.78. The molecule has 0 atom stereocenters. The number of carbonyl (C=O) groups is 1. The zero-order valence-electron chi connectivity index (χ0n) is 10.8. The Hall–Kier alpha value is -1.51. The Morgan fingerprint density at radius 1 is 1.53 bits per heavy atom. The third-order valence-electron chi connectivity index (χ3n) is 2.37. The van der Waals surface area contributed by atoms with E-state index in [0.717, 1.165) is 12.2 Å². The first-order valence-corrected chi connectivity index (χ1v) is 7.34. The topological polar surface area (TPSA) is 55.1 Å². The summed E-state index contributed by atoms with van der Waals surface area (Å²) in [6.07, 6.45) is 2.91. The lowest BCUT2D eigenvalue weighted by Crippen LogP contribution is -2.24. The van der Waals surface area contributed by atoms with Crippen LogP contribution in [0.25, 0.3) is 0 Å². The van der Waals surface area contributed by atoms with E-state index in [1.54, 1.807) is 17.8 Å². The van der Waals surface area contributed by atoms with Crippen molar-refractivity contribution < 1.29 is 9.18 Å². The average molecular weight is 280 g/mol. The molecule has 0 radical (unpaired) electrons. The van der Waals surface area contributed by atoms with Crippen LogP contribution >= 0.6 is 11.8 Å². The molecule has 0 bridgehead atoms. The van der Waals surface area contributed by atoms with Gasteiger partial charge in [-0.3, -0.25) is 4.79 Å². The Kier molecular flexibility index (Phi) is 7.01. The van der Waals surface area contributed by atoms with Gasteiger partial charge in [-0.05, 0) is 36.6 Å². The maximum atomic E-state index is 13.7. The molecule has 1 aromatic rings. The van der Waals surface area contributed by atoms with Crippen LogP contribution < -0.4 is 11.1 Å². The highest BCUT2D eigenvalue weighted by molar-refractivity contribution is 7.98. The molecule has 19 heavy (non-hydrogen) atoms. The zero-order chi connectivity index (χ0) is 14.1. The first-order valence-electron chi connectivity index (χ1n) is 5.94. The lowest BCUT2D eigenvalue weighted by Gasteiger charge is -2.05. The second-order valence-electron chi connectivity index (χ2n) is 3.80. The minimum atomic E-state index is -0.502. The predicted molar refractivity (Wildman–Crippen MR) is 77.7 cm³/mol. The molecule has 0 aliphatic carbocycles. The van der Waals surface area contributed by atoms with E-state index in [1.165, 1.54) is 12.1 Å². The fourth-order valence-corrected chi connectivity index (χ4v) is 1.86. The zero-order valence-corrected chi connectivity index (χ0v) is 11.6. The summed E-state index contributed by atoms with van der Waals surface area (Å²) in [7, 11) is 0. The first kappa shape index (κ1) is 15.5.